The lowest BCUT2D eigenvalue weighted by Crippen LogP contribution is -2.24. The third-order valence-corrected chi connectivity index (χ3v) is 3.00. The molecule has 0 aliphatic carbocycles. The van der Waals surface area contributed by atoms with Crippen LogP contribution in [0.4, 0.5) is 13.2 Å². The lowest BCUT2D eigenvalue weighted by Gasteiger charge is -2.11. The summed E-state index contributed by atoms with van der Waals surface area (Å²) in [5.74, 6) is -0.532. The first-order valence-corrected chi connectivity index (χ1v) is 6.29. The number of benzene rings is 1. The minimum absolute atomic E-state index is 0.0160. The van der Waals surface area contributed by atoms with Crippen molar-refractivity contribution in [3.05, 3.63) is 45.4 Å². The molecule has 0 atom stereocenters. The smallest absolute Gasteiger partial charge is 0.349 e. The summed E-state index contributed by atoms with van der Waals surface area (Å²) in [6.45, 7) is 4.03. The van der Waals surface area contributed by atoms with Gasteiger partial charge in [0.2, 0.25) is 0 Å². The van der Waals surface area contributed by atoms with Crippen LogP contribution in [-0.2, 0) is 6.18 Å². The largest absolute Gasteiger partial charge is 0.417 e. The van der Waals surface area contributed by atoms with Crippen molar-refractivity contribution in [3.63, 3.8) is 0 Å². The van der Waals surface area contributed by atoms with Gasteiger partial charge in [-0.25, -0.2) is 0 Å². The first kappa shape index (κ1) is 15.8. The van der Waals surface area contributed by atoms with Crippen LogP contribution in [0.15, 0.2) is 34.3 Å². The van der Waals surface area contributed by atoms with Crippen LogP contribution in [0, 0.1) is 0 Å². The molecule has 19 heavy (non-hydrogen) atoms. The van der Waals surface area contributed by atoms with E-state index in [2.05, 4.69) is 21.2 Å². The predicted octanol–water partition coefficient (Wildman–Crippen LogP) is 4.16. The summed E-state index contributed by atoms with van der Waals surface area (Å²) in [5.41, 5.74) is 0.145. The molecule has 1 aromatic carbocycles. The standard InChI is InChI=1S/C13H13BrF3NO/c1-8(2)5-6-18-12(19)9-3-4-11(14)10(7-9)13(15,16)17/h3-5,7H,6H2,1-2H3,(H,18,19). The zero-order valence-electron chi connectivity index (χ0n) is 10.4. The van der Waals surface area contributed by atoms with Crippen molar-refractivity contribution in [3.8, 4) is 0 Å². The highest BCUT2D eigenvalue weighted by atomic mass is 79.9. The van der Waals surface area contributed by atoms with Gasteiger partial charge in [0.05, 0.1) is 5.56 Å². The second-order valence-electron chi connectivity index (χ2n) is 4.18. The van der Waals surface area contributed by atoms with Crippen molar-refractivity contribution >= 4 is 21.8 Å². The number of allylic oxidation sites excluding steroid dienone is 1. The first-order chi connectivity index (χ1) is 8.71. The summed E-state index contributed by atoms with van der Waals surface area (Å²) < 4.78 is 38.0. The van der Waals surface area contributed by atoms with Crippen LogP contribution in [0.25, 0.3) is 0 Å². The molecule has 0 saturated carbocycles. The number of amides is 1. The maximum Gasteiger partial charge on any atom is 0.417 e. The van der Waals surface area contributed by atoms with E-state index < -0.39 is 17.6 Å². The van der Waals surface area contributed by atoms with E-state index in [-0.39, 0.29) is 10.0 Å². The van der Waals surface area contributed by atoms with Crippen LogP contribution < -0.4 is 5.32 Å². The number of alkyl halides is 3. The summed E-state index contributed by atoms with van der Waals surface area (Å²) >= 11 is 2.83. The molecule has 1 amide bonds. The molecule has 0 saturated heterocycles. The van der Waals surface area contributed by atoms with Crippen LogP contribution in [0.5, 0.6) is 0 Å². The SMILES string of the molecule is CC(C)=CCNC(=O)c1ccc(Br)c(C(F)(F)F)c1. The van der Waals surface area contributed by atoms with Crippen molar-refractivity contribution in [2.75, 3.05) is 6.54 Å². The van der Waals surface area contributed by atoms with Gasteiger partial charge < -0.3 is 5.32 Å². The van der Waals surface area contributed by atoms with Gasteiger partial charge in [0.1, 0.15) is 0 Å². The van der Waals surface area contributed by atoms with E-state index in [4.69, 9.17) is 0 Å². The molecule has 104 valence electrons. The van der Waals surface area contributed by atoms with Crippen LogP contribution in [0.3, 0.4) is 0 Å². The highest BCUT2D eigenvalue weighted by molar-refractivity contribution is 9.10. The lowest BCUT2D eigenvalue weighted by atomic mass is 10.1. The second-order valence-corrected chi connectivity index (χ2v) is 5.04. The van der Waals surface area contributed by atoms with Crippen LogP contribution in [0.1, 0.15) is 29.8 Å². The molecule has 0 unspecified atom stereocenters. The van der Waals surface area contributed by atoms with Gasteiger partial charge in [0.15, 0.2) is 0 Å². The monoisotopic (exact) mass is 335 g/mol. The van der Waals surface area contributed by atoms with E-state index in [9.17, 15) is 18.0 Å². The molecule has 6 heteroatoms. The Morgan fingerprint density at radius 2 is 2.00 bits per heavy atom. The quantitative estimate of drug-likeness (QED) is 0.825. The zero-order chi connectivity index (χ0) is 14.6. The van der Waals surface area contributed by atoms with E-state index in [1.54, 1.807) is 6.08 Å². The third kappa shape index (κ3) is 4.70. The molecule has 0 aliphatic heterocycles. The van der Waals surface area contributed by atoms with Gasteiger partial charge >= 0.3 is 6.18 Å². The van der Waals surface area contributed by atoms with Gasteiger partial charge in [-0.3, -0.25) is 4.79 Å². The third-order valence-electron chi connectivity index (χ3n) is 2.31. The van der Waals surface area contributed by atoms with E-state index in [1.165, 1.54) is 12.1 Å². The summed E-state index contributed by atoms with van der Waals surface area (Å²) in [6.07, 6.45) is -2.71. The molecule has 0 aliphatic rings. The molecule has 1 N–H and O–H groups in total. The molecule has 0 radical (unpaired) electrons. The number of nitrogens with one attached hydrogen (secondary N) is 1. The fourth-order valence-corrected chi connectivity index (χ4v) is 1.81. The Morgan fingerprint density at radius 3 is 2.53 bits per heavy atom. The van der Waals surface area contributed by atoms with E-state index >= 15 is 0 Å². The van der Waals surface area contributed by atoms with Gasteiger partial charge in [0.25, 0.3) is 5.91 Å². The first-order valence-electron chi connectivity index (χ1n) is 5.50. The van der Waals surface area contributed by atoms with Crippen LogP contribution >= 0.6 is 15.9 Å². The Labute approximate surface area is 117 Å². The van der Waals surface area contributed by atoms with Crippen molar-refractivity contribution in [1.29, 1.82) is 0 Å². The Hall–Kier alpha value is -1.30. The number of rotatable bonds is 3. The highest BCUT2D eigenvalue weighted by Gasteiger charge is 2.33. The number of hydrogen-bond donors (Lipinski definition) is 1. The van der Waals surface area contributed by atoms with Crippen LogP contribution in [-0.4, -0.2) is 12.5 Å². The van der Waals surface area contributed by atoms with Gasteiger partial charge in [-0.05, 0) is 32.0 Å². The Bertz CT molecular complexity index is 505. The minimum atomic E-state index is -4.49. The van der Waals surface area contributed by atoms with E-state index in [1.807, 2.05) is 13.8 Å². The summed E-state index contributed by atoms with van der Waals surface area (Å²) in [5, 5.41) is 2.53. The van der Waals surface area contributed by atoms with E-state index in [0.29, 0.717) is 6.54 Å². The van der Waals surface area contributed by atoms with E-state index in [0.717, 1.165) is 11.6 Å². The van der Waals surface area contributed by atoms with Crippen LogP contribution in [0.2, 0.25) is 0 Å². The van der Waals surface area contributed by atoms with Crippen molar-refractivity contribution in [2.45, 2.75) is 20.0 Å². The summed E-state index contributed by atoms with van der Waals surface area (Å²) in [6, 6.07) is 3.40. The molecule has 0 spiro atoms. The van der Waals surface area contributed by atoms with Gasteiger partial charge in [-0.2, -0.15) is 13.2 Å². The average molecular weight is 336 g/mol. The molecule has 2 nitrogen and oxygen atoms in total. The molecule has 0 bridgehead atoms. The molecule has 0 aromatic heterocycles. The highest BCUT2D eigenvalue weighted by Crippen LogP contribution is 2.35. The Balaban J connectivity index is 2.90. The van der Waals surface area contributed by atoms with Gasteiger partial charge in [-0.15, -0.1) is 0 Å². The normalized spacial score (nSPS) is 11.1. The Kier molecular flexibility index (Phi) is 5.17. The molecular formula is C13H13BrF3NO. The minimum Gasteiger partial charge on any atom is -0.349 e. The zero-order valence-corrected chi connectivity index (χ0v) is 12.0. The second kappa shape index (κ2) is 6.23. The number of halogens is 4. The predicted molar refractivity (Wildman–Crippen MR) is 70.9 cm³/mol. The van der Waals surface area contributed by atoms with Crippen molar-refractivity contribution < 1.29 is 18.0 Å². The van der Waals surface area contributed by atoms with Gasteiger partial charge in [-0.1, -0.05) is 27.6 Å². The van der Waals surface area contributed by atoms with Gasteiger partial charge in [0, 0.05) is 16.6 Å². The number of carbonyl (C=O) groups is 1. The fraction of sp³-hybridized carbons (Fsp3) is 0.308. The van der Waals surface area contributed by atoms with Crippen molar-refractivity contribution in [2.24, 2.45) is 0 Å². The number of hydrogen-bond acceptors (Lipinski definition) is 1. The molecule has 1 aromatic rings. The molecule has 1 rings (SSSR count). The molecule has 0 fully saturated rings. The number of carbonyl (C=O) groups excluding carboxylic acids is 1. The maximum absolute atomic E-state index is 12.7. The molecule has 0 heterocycles. The average Bonchev–Trinajstić information content (AvgIpc) is 2.27. The molecular weight excluding hydrogens is 323 g/mol. The Morgan fingerprint density at radius 1 is 1.37 bits per heavy atom. The summed E-state index contributed by atoms with van der Waals surface area (Å²) in [7, 11) is 0. The summed E-state index contributed by atoms with van der Waals surface area (Å²) in [4.78, 5) is 11.7. The lowest BCUT2D eigenvalue weighted by molar-refractivity contribution is -0.138. The van der Waals surface area contributed by atoms with Crippen molar-refractivity contribution in [1.82, 2.24) is 5.32 Å². The fourth-order valence-electron chi connectivity index (χ4n) is 1.33. The topological polar surface area (TPSA) is 29.1 Å². The maximum atomic E-state index is 12.7.